The maximum atomic E-state index is 8.77. The average Bonchev–Trinajstić information content (AvgIpc) is 2.63. The second-order valence-electron chi connectivity index (χ2n) is 4.94. The predicted octanol–water partition coefficient (Wildman–Crippen LogP) is 4.80. The number of aliphatic hydroxyl groups excluding tert-OH is 1. The van der Waals surface area contributed by atoms with Crippen LogP contribution in [0.15, 0.2) is 79.6 Å². The number of rotatable bonds is 1. The van der Waals surface area contributed by atoms with Gasteiger partial charge in [0.05, 0.1) is 0 Å². The quantitative estimate of drug-likeness (QED) is 0.235. The zero-order valence-electron chi connectivity index (χ0n) is 12.8. The molecule has 0 saturated heterocycles. The van der Waals surface area contributed by atoms with Gasteiger partial charge in [-0.2, -0.15) is 0 Å². The molecule has 2 aromatic carbocycles. The maximum absolute atomic E-state index is 8.77. The first-order valence-electron chi connectivity index (χ1n) is 7.19. The zero-order valence-corrected chi connectivity index (χ0v) is 15.1. The molecule has 0 aliphatic carbocycles. The van der Waals surface area contributed by atoms with E-state index in [0.29, 0.717) is 5.69 Å². The van der Waals surface area contributed by atoms with Crippen LogP contribution >= 0.6 is 0 Å². The number of hydrogen-bond donors (Lipinski definition) is 1. The Morgan fingerprint density at radius 3 is 2.33 bits per heavy atom. The van der Waals surface area contributed by atoms with Crippen molar-refractivity contribution in [1.82, 2.24) is 9.97 Å². The van der Waals surface area contributed by atoms with Crippen LogP contribution < -0.4 is 0 Å². The normalized spacial score (nSPS) is 9.67. The molecule has 122 valence electrons. The van der Waals surface area contributed by atoms with E-state index in [1.54, 1.807) is 24.4 Å². The van der Waals surface area contributed by atoms with Crippen LogP contribution in [0, 0.1) is 6.07 Å². The Balaban J connectivity index is 0.000000183. The van der Waals surface area contributed by atoms with E-state index in [1.807, 2.05) is 24.4 Å². The Morgan fingerprint density at radius 2 is 1.62 bits per heavy atom. The third-order valence-electron chi connectivity index (χ3n) is 3.37. The molecule has 1 N–H and O–H groups in total. The van der Waals surface area contributed by atoms with Crippen molar-refractivity contribution in [1.29, 1.82) is 0 Å². The maximum Gasteiger partial charge on any atom is 0.134 e. The third-order valence-corrected chi connectivity index (χ3v) is 3.37. The zero-order chi connectivity index (χ0) is 16.1. The van der Waals surface area contributed by atoms with Crippen molar-refractivity contribution in [2.75, 3.05) is 0 Å². The molecule has 0 aliphatic rings. The van der Waals surface area contributed by atoms with E-state index in [2.05, 4.69) is 46.9 Å². The summed E-state index contributed by atoms with van der Waals surface area (Å²) in [7, 11) is 0. The van der Waals surface area contributed by atoms with Crippen molar-refractivity contribution in [3.05, 3.63) is 91.4 Å². The minimum Gasteiger partial charge on any atom is -0.506 e. The van der Waals surface area contributed by atoms with Crippen molar-refractivity contribution in [2.45, 2.75) is 0 Å². The molecule has 3 nitrogen and oxygen atoms in total. The van der Waals surface area contributed by atoms with E-state index in [0.717, 1.165) is 10.9 Å². The Labute approximate surface area is 155 Å². The Kier molecular flexibility index (Phi) is 6.22. The molecule has 0 fully saturated rings. The fraction of sp³-hybridized carbons (Fsp3) is 0. The molecule has 0 bridgehead atoms. The molecule has 4 aromatic rings. The summed E-state index contributed by atoms with van der Waals surface area (Å²) in [4.78, 5) is 8.21. The van der Waals surface area contributed by atoms with Crippen LogP contribution in [0.3, 0.4) is 0 Å². The summed E-state index contributed by atoms with van der Waals surface area (Å²) in [6.45, 7) is 3.32. The second kappa shape index (κ2) is 8.37. The first kappa shape index (κ1) is 17.8. The van der Waals surface area contributed by atoms with Gasteiger partial charge in [0, 0.05) is 33.5 Å². The van der Waals surface area contributed by atoms with Gasteiger partial charge in [-0.15, -0.1) is 35.0 Å². The fourth-order valence-electron chi connectivity index (χ4n) is 2.27. The molecular weight excluding hydrogens is 479 g/mol. The minimum absolute atomic E-state index is 0. The number of hydrogen-bond acceptors (Lipinski definition) is 3. The van der Waals surface area contributed by atoms with Gasteiger partial charge in [-0.05, 0) is 29.1 Å². The Morgan fingerprint density at radius 1 is 0.875 bits per heavy atom. The number of aromatic nitrogens is 2. The summed E-state index contributed by atoms with van der Waals surface area (Å²) in [6.07, 6.45) is 3.43. The molecule has 0 spiro atoms. The second-order valence-corrected chi connectivity index (χ2v) is 4.94. The van der Waals surface area contributed by atoms with Crippen molar-refractivity contribution in [2.24, 2.45) is 0 Å². The minimum atomic E-state index is 0. The molecule has 0 aliphatic heterocycles. The molecule has 24 heavy (non-hydrogen) atoms. The number of nitrogens with zero attached hydrogens (tertiary/aromatic N) is 2. The van der Waals surface area contributed by atoms with E-state index >= 15 is 0 Å². The van der Waals surface area contributed by atoms with Gasteiger partial charge < -0.3 is 10.1 Å². The summed E-state index contributed by atoms with van der Waals surface area (Å²) in [5, 5.41) is 12.2. The molecule has 4 heteroatoms. The van der Waals surface area contributed by atoms with Crippen LogP contribution in [0.25, 0.3) is 27.4 Å². The summed E-state index contributed by atoms with van der Waals surface area (Å²) < 4.78 is 0. The Bertz CT molecular complexity index is 900. The van der Waals surface area contributed by atoms with Crippen LogP contribution in [0.4, 0.5) is 0 Å². The summed E-state index contributed by atoms with van der Waals surface area (Å²) in [5.74, 6) is 0.00981. The van der Waals surface area contributed by atoms with E-state index in [1.165, 1.54) is 10.8 Å². The van der Waals surface area contributed by atoms with E-state index in [-0.39, 0.29) is 26.8 Å². The summed E-state index contributed by atoms with van der Waals surface area (Å²) in [6, 6.07) is 22.7. The fourth-order valence-corrected chi connectivity index (χ4v) is 2.27. The molecule has 2 heterocycles. The molecule has 0 atom stereocenters. The molecule has 4 rings (SSSR count). The third kappa shape index (κ3) is 4.06. The van der Waals surface area contributed by atoms with Crippen LogP contribution in [0.5, 0.6) is 0 Å². The van der Waals surface area contributed by atoms with Gasteiger partial charge in [0.2, 0.25) is 0 Å². The molecule has 0 unspecified atom stereocenters. The molecule has 2 aromatic heterocycles. The standard InChI is InChI=1S/C13H8N.C7H7NO.Pt/c1-2-6-12-10(4-1)7-8-11-5-3-9-14-13(11)12;1-6(9)7-4-2-3-5-8-7;/h1-5,7-9H;2-5,9H,1H2;/q-1;;. The van der Waals surface area contributed by atoms with E-state index in [9.17, 15) is 0 Å². The number of pyridine rings is 2. The van der Waals surface area contributed by atoms with Crippen molar-refractivity contribution < 1.29 is 26.2 Å². The van der Waals surface area contributed by atoms with Gasteiger partial charge in [-0.1, -0.05) is 30.8 Å². The van der Waals surface area contributed by atoms with E-state index < -0.39 is 0 Å². The van der Waals surface area contributed by atoms with Crippen molar-refractivity contribution >= 4 is 27.4 Å². The number of benzene rings is 2. The van der Waals surface area contributed by atoms with Gasteiger partial charge >= 0.3 is 0 Å². The van der Waals surface area contributed by atoms with Crippen LogP contribution in [-0.4, -0.2) is 15.1 Å². The summed E-state index contributed by atoms with van der Waals surface area (Å²) >= 11 is 0. The van der Waals surface area contributed by atoms with E-state index in [4.69, 9.17) is 5.11 Å². The van der Waals surface area contributed by atoms with Gasteiger partial charge in [0.25, 0.3) is 0 Å². The first-order chi connectivity index (χ1) is 11.3. The molecule has 0 radical (unpaired) electrons. The van der Waals surface area contributed by atoms with Crippen molar-refractivity contribution in [3.8, 4) is 0 Å². The summed E-state index contributed by atoms with van der Waals surface area (Å²) in [5.41, 5.74) is 1.56. The number of fused-ring (bicyclic) bond motifs is 3. The SMILES string of the molecule is C=C(O)c1ccccn1.[Pt].[c-]1cccc2ccc3cccnc3c12. The topological polar surface area (TPSA) is 46.0 Å². The average molecular weight is 494 g/mol. The Hall–Kier alpha value is -2.51. The smallest absolute Gasteiger partial charge is 0.134 e. The van der Waals surface area contributed by atoms with Crippen LogP contribution in [-0.2, 0) is 21.1 Å². The number of aliphatic hydroxyl groups is 1. The van der Waals surface area contributed by atoms with Crippen LogP contribution in [0.2, 0.25) is 0 Å². The largest absolute Gasteiger partial charge is 0.506 e. The van der Waals surface area contributed by atoms with Crippen molar-refractivity contribution in [3.63, 3.8) is 0 Å². The molecule has 0 saturated carbocycles. The monoisotopic (exact) mass is 494 g/mol. The molecule has 0 amide bonds. The van der Waals surface area contributed by atoms with Gasteiger partial charge in [-0.25, -0.2) is 0 Å². The molecular formula is C20H15N2OPt-. The first-order valence-corrected chi connectivity index (χ1v) is 7.19. The van der Waals surface area contributed by atoms with Gasteiger partial charge in [0.1, 0.15) is 11.5 Å². The van der Waals surface area contributed by atoms with Gasteiger partial charge in [0.15, 0.2) is 0 Å². The van der Waals surface area contributed by atoms with Crippen LogP contribution in [0.1, 0.15) is 5.69 Å². The predicted molar refractivity (Wildman–Crippen MR) is 94.0 cm³/mol. The van der Waals surface area contributed by atoms with Gasteiger partial charge in [-0.3, -0.25) is 4.98 Å².